The summed E-state index contributed by atoms with van der Waals surface area (Å²) in [5, 5.41) is 8.87. The van der Waals surface area contributed by atoms with Crippen molar-refractivity contribution in [3.8, 4) is 5.75 Å². The van der Waals surface area contributed by atoms with Gasteiger partial charge < -0.3 is 9.84 Å². The van der Waals surface area contributed by atoms with Crippen LogP contribution in [0.2, 0.25) is 0 Å². The highest BCUT2D eigenvalue weighted by atomic mass is 79.9. The molecule has 1 aromatic rings. The number of carbonyl (C=O) groups is 1. The maximum atomic E-state index is 10.8. The molecular formula is C11H11BrO3. The number of halogens is 1. The largest absolute Gasteiger partial charge is 0.495 e. The van der Waals surface area contributed by atoms with Gasteiger partial charge in [0.05, 0.1) is 17.5 Å². The van der Waals surface area contributed by atoms with Gasteiger partial charge in [0.1, 0.15) is 5.75 Å². The second-order valence-electron chi connectivity index (χ2n) is 3.65. The average Bonchev–Trinajstić information content (AvgIpc) is 2.96. The molecule has 0 heterocycles. The molecule has 0 amide bonds. The van der Waals surface area contributed by atoms with E-state index in [2.05, 4.69) is 15.9 Å². The number of ether oxygens (including phenoxy) is 1. The van der Waals surface area contributed by atoms with Gasteiger partial charge >= 0.3 is 5.97 Å². The van der Waals surface area contributed by atoms with E-state index in [1.807, 2.05) is 18.2 Å². The van der Waals surface area contributed by atoms with Crippen LogP contribution in [0.15, 0.2) is 22.7 Å². The maximum absolute atomic E-state index is 10.8. The van der Waals surface area contributed by atoms with E-state index in [9.17, 15) is 4.79 Å². The Bertz CT molecular complexity index is 403. The Kier molecular flexibility index (Phi) is 2.69. The number of rotatable bonds is 3. The van der Waals surface area contributed by atoms with Crippen LogP contribution in [0.1, 0.15) is 17.9 Å². The Balaban J connectivity index is 2.30. The Hall–Kier alpha value is -1.03. The topological polar surface area (TPSA) is 46.5 Å². The summed E-state index contributed by atoms with van der Waals surface area (Å²) in [6, 6.07) is 5.72. The predicted molar refractivity (Wildman–Crippen MR) is 59.2 cm³/mol. The first kappa shape index (κ1) is 10.5. The highest BCUT2D eigenvalue weighted by Crippen LogP contribution is 2.51. The van der Waals surface area contributed by atoms with Gasteiger partial charge in [-0.3, -0.25) is 4.79 Å². The van der Waals surface area contributed by atoms with Crippen molar-refractivity contribution >= 4 is 21.9 Å². The van der Waals surface area contributed by atoms with Crippen LogP contribution in [0.4, 0.5) is 0 Å². The third-order valence-corrected chi connectivity index (χ3v) is 3.33. The molecule has 1 N–H and O–H groups in total. The van der Waals surface area contributed by atoms with Crippen molar-refractivity contribution in [3.63, 3.8) is 0 Å². The summed E-state index contributed by atoms with van der Waals surface area (Å²) in [6.45, 7) is 0. The highest BCUT2D eigenvalue weighted by molar-refractivity contribution is 9.10. The summed E-state index contributed by atoms with van der Waals surface area (Å²) in [7, 11) is 1.60. The number of carboxylic acids is 1. The lowest BCUT2D eigenvalue weighted by molar-refractivity contribution is -0.138. The zero-order valence-corrected chi connectivity index (χ0v) is 9.82. The van der Waals surface area contributed by atoms with Crippen LogP contribution in [0.3, 0.4) is 0 Å². The smallest absolute Gasteiger partial charge is 0.307 e. The molecule has 1 fully saturated rings. The summed E-state index contributed by atoms with van der Waals surface area (Å²) < 4.78 is 6.14. The van der Waals surface area contributed by atoms with Crippen molar-refractivity contribution in [1.29, 1.82) is 0 Å². The van der Waals surface area contributed by atoms with E-state index in [-0.39, 0.29) is 11.8 Å². The predicted octanol–water partition coefficient (Wildman–Crippen LogP) is 2.65. The fourth-order valence-corrected chi connectivity index (χ4v) is 2.39. The van der Waals surface area contributed by atoms with E-state index in [1.165, 1.54) is 0 Å². The van der Waals surface area contributed by atoms with Gasteiger partial charge in [0.25, 0.3) is 0 Å². The zero-order valence-electron chi connectivity index (χ0n) is 8.24. The van der Waals surface area contributed by atoms with Crippen LogP contribution in [0.5, 0.6) is 5.75 Å². The fourth-order valence-electron chi connectivity index (χ4n) is 1.84. The first-order valence-electron chi connectivity index (χ1n) is 4.70. The minimum absolute atomic E-state index is 0.106. The number of para-hydroxylation sites is 1. The average molecular weight is 271 g/mol. The van der Waals surface area contributed by atoms with Gasteiger partial charge in [0.15, 0.2) is 0 Å². The molecule has 15 heavy (non-hydrogen) atoms. The Morgan fingerprint density at radius 3 is 2.87 bits per heavy atom. The number of methoxy groups -OCH3 is 1. The van der Waals surface area contributed by atoms with Gasteiger partial charge in [-0.25, -0.2) is 0 Å². The normalized spacial score (nSPS) is 23.6. The molecule has 1 aliphatic rings. The second-order valence-corrected chi connectivity index (χ2v) is 4.50. The van der Waals surface area contributed by atoms with Crippen molar-refractivity contribution in [2.24, 2.45) is 5.92 Å². The van der Waals surface area contributed by atoms with E-state index >= 15 is 0 Å². The summed E-state index contributed by atoms with van der Waals surface area (Å²) >= 11 is 3.39. The lowest BCUT2D eigenvalue weighted by Crippen LogP contribution is -2.00. The molecular weight excluding hydrogens is 260 g/mol. The number of hydrogen-bond acceptors (Lipinski definition) is 2. The number of carboxylic acid groups (broad SMARTS) is 1. The minimum atomic E-state index is -0.720. The zero-order chi connectivity index (χ0) is 11.0. The maximum Gasteiger partial charge on any atom is 0.307 e. The molecule has 0 bridgehead atoms. The molecule has 4 heteroatoms. The molecule has 2 atom stereocenters. The van der Waals surface area contributed by atoms with Gasteiger partial charge in [0, 0.05) is 5.92 Å². The van der Waals surface area contributed by atoms with Crippen LogP contribution < -0.4 is 4.74 Å². The number of hydrogen-bond donors (Lipinski definition) is 1. The molecule has 0 spiro atoms. The summed E-state index contributed by atoms with van der Waals surface area (Å²) in [4.78, 5) is 10.8. The van der Waals surface area contributed by atoms with Crippen LogP contribution >= 0.6 is 15.9 Å². The first-order chi connectivity index (χ1) is 7.15. The molecule has 1 aliphatic carbocycles. The molecule has 0 aromatic heterocycles. The van der Waals surface area contributed by atoms with Crippen molar-refractivity contribution in [3.05, 3.63) is 28.2 Å². The van der Waals surface area contributed by atoms with Crippen molar-refractivity contribution in [2.75, 3.05) is 7.11 Å². The molecule has 80 valence electrons. The molecule has 3 nitrogen and oxygen atoms in total. The molecule has 1 saturated carbocycles. The van der Waals surface area contributed by atoms with Crippen molar-refractivity contribution in [2.45, 2.75) is 12.3 Å². The van der Waals surface area contributed by atoms with Gasteiger partial charge in [-0.2, -0.15) is 0 Å². The number of aliphatic carboxylic acids is 1. The lowest BCUT2D eigenvalue weighted by Gasteiger charge is -2.09. The standard InChI is InChI=1S/C11H11BrO3/c1-15-10-6(3-2-4-9(10)12)7-5-8(7)11(13)14/h2-4,7-8H,5H2,1H3,(H,13,14). The Morgan fingerprint density at radius 1 is 1.60 bits per heavy atom. The quantitative estimate of drug-likeness (QED) is 0.919. The van der Waals surface area contributed by atoms with Gasteiger partial charge in [-0.05, 0) is 34.0 Å². The van der Waals surface area contributed by atoms with Gasteiger partial charge in [0.2, 0.25) is 0 Å². The molecule has 0 radical (unpaired) electrons. The highest BCUT2D eigenvalue weighted by Gasteiger charge is 2.45. The van der Waals surface area contributed by atoms with Gasteiger partial charge in [-0.15, -0.1) is 0 Å². The molecule has 2 unspecified atom stereocenters. The summed E-state index contributed by atoms with van der Waals surface area (Å²) in [6.07, 6.45) is 0.710. The van der Waals surface area contributed by atoms with E-state index in [0.717, 1.165) is 15.8 Å². The third kappa shape index (κ3) is 1.86. The monoisotopic (exact) mass is 270 g/mol. The molecule has 0 aliphatic heterocycles. The number of benzene rings is 1. The van der Waals surface area contributed by atoms with Crippen molar-refractivity contribution in [1.82, 2.24) is 0 Å². The summed E-state index contributed by atoms with van der Waals surface area (Å²) in [5.74, 6) is -0.101. The van der Waals surface area contributed by atoms with E-state index < -0.39 is 5.97 Å². The lowest BCUT2D eigenvalue weighted by atomic mass is 10.1. The van der Waals surface area contributed by atoms with E-state index in [1.54, 1.807) is 7.11 Å². The van der Waals surface area contributed by atoms with Crippen molar-refractivity contribution < 1.29 is 14.6 Å². The van der Waals surface area contributed by atoms with E-state index in [4.69, 9.17) is 9.84 Å². The summed E-state index contributed by atoms with van der Waals surface area (Å²) in [5.41, 5.74) is 0.985. The van der Waals surface area contributed by atoms with E-state index in [0.29, 0.717) is 6.42 Å². The Morgan fingerprint density at radius 2 is 2.33 bits per heavy atom. The SMILES string of the molecule is COc1c(Br)cccc1C1CC1C(=O)O. The van der Waals surface area contributed by atoms with Crippen LogP contribution in [-0.2, 0) is 4.79 Å². The van der Waals surface area contributed by atoms with Crippen LogP contribution in [-0.4, -0.2) is 18.2 Å². The Labute approximate surface area is 96.2 Å². The van der Waals surface area contributed by atoms with Crippen LogP contribution in [0.25, 0.3) is 0 Å². The molecule has 2 rings (SSSR count). The van der Waals surface area contributed by atoms with Gasteiger partial charge in [-0.1, -0.05) is 12.1 Å². The molecule has 1 aromatic carbocycles. The van der Waals surface area contributed by atoms with Crippen LogP contribution in [0, 0.1) is 5.92 Å². The first-order valence-corrected chi connectivity index (χ1v) is 5.49. The minimum Gasteiger partial charge on any atom is -0.495 e. The second kappa shape index (κ2) is 3.85. The fraction of sp³-hybridized carbons (Fsp3) is 0.364. The molecule has 0 saturated heterocycles. The third-order valence-electron chi connectivity index (χ3n) is 2.71.